The van der Waals surface area contributed by atoms with Crippen molar-refractivity contribution >= 4 is 78.0 Å². The third kappa shape index (κ3) is 15.5. The first kappa shape index (κ1) is 60.8. The van der Waals surface area contributed by atoms with Crippen LogP contribution < -0.4 is 19.8 Å². The van der Waals surface area contributed by atoms with Crippen LogP contribution in [0.2, 0.25) is 5.02 Å². The Hall–Kier alpha value is -5.79. The second-order valence-corrected chi connectivity index (χ2v) is 26.6. The molecule has 4 aliphatic rings. The third-order valence-electron chi connectivity index (χ3n) is 15.6. The number of alkyl halides is 3. The van der Waals surface area contributed by atoms with Crippen LogP contribution in [0.15, 0.2) is 130 Å². The number of halogens is 4. The molecule has 4 heterocycles. The minimum absolute atomic E-state index is 0.0215. The van der Waals surface area contributed by atoms with Crippen LogP contribution in [0.25, 0.3) is 5.57 Å². The van der Waals surface area contributed by atoms with Crippen LogP contribution in [0.3, 0.4) is 0 Å². The van der Waals surface area contributed by atoms with Gasteiger partial charge in [-0.05, 0) is 115 Å². The number of carbonyl (C=O) groups excluding carboxylic acids is 2. The fraction of sp³-hybridized carbons (Fsp3) is 0.448. The molecule has 4 aromatic carbocycles. The van der Waals surface area contributed by atoms with Gasteiger partial charge in [0.15, 0.2) is 0 Å². The number of rotatable bonds is 20. The maximum Gasteiger partial charge on any atom is 0.501 e. The summed E-state index contributed by atoms with van der Waals surface area (Å²) < 4.78 is 109. The van der Waals surface area contributed by atoms with Crippen molar-refractivity contribution < 1.29 is 49.1 Å². The lowest BCUT2D eigenvalue weighted by Crippen LogP contribution is -2.50. The van der Waals surface area contributed by atoms with Gasteiger partial charge in [-0.3, -0.25) is 14.6 Å². The Morgan fingerprint density at radius 2 is 1.49 bits per heavy atom. The topological polar surface area (TPSA) is 187 Å². The SMILES string of the molecule is COC(=O)c1cnc(N2CCN(C[C@]3(C)CCC(c4ccc(Cl)cc4)=C(CN4CCN(c5ccc(C(=O)NS(=O)(=O)c6ccc(N[C@H](CCN7CCCOCC7)CSc7ccccc7)c(S(=O)(=O)C(F)(F)F)c6)cc5)CC4)C3)CC2)nc1. The van der Waals surface area contributed by atoms with E-state index in [9.17, 15) is 39.6 Å². The first-order valence-electron chi connectivity index (χ1n) is 27.4. The molecule has 24 heteroatoms. The molecule has 9 rings (SSSR count). The number of amides is 1. The monoisotopic (exact) mass is 1210 g/mol. The molecule has 0 saturated carbocycles. The Balaban J connectivity index is 0.824. The van der Waals surface area contributed by atoms with E-state index in [1.54, 1.807) is 12.1 Å². The van der Waals surface area contributed by atoms with Crippen molar-refractivity contribution in [3.8, 4) is 0 Å². The van der Waals surface area contributed by atoms with Crippen LogP contribution in [0.1, 0.15) is 65.3 Å². The van der Waals surface area contributed by atoms with E-state index in [4.69, 9.17) is 21.1 Å². The molecular formula is C58H69ClF3N9O8S3. The maximum absolute atomic E-state index is 14.3. The van der Waals surface area contributed by atoms with Gasteiger partial charge in [0.2, 0.25) is 5.95 Å². The number of carbonyl (C=O) groups is 2. The van der Waals surface area contributed by atoms with Crippen LogP contribution in [0.5, 0.6) is 0 Å². The molecule has 440 valence electrons. The number of thioether (sulfide) groups is 1. The van der Waals surface area contributed by atoms with Crippen molar-refractivity contribution in [2.75, 3.05) is 126 Å². The van der Waals surface area contributed by atoms with Crippen LogP contribution in [0, 0.1) is 5.41 Å². The van der Waals surface area contributed by atoms with Crippen LogP contribution >= 0.6 is 23.4 Å². The molecule has 1 amide bonds. The first-order chi connectivity index (χ1) is 39.3. The quantitative estimate of drug-likeness (QED) is 0.0557. The van der Waals surface area contributed by atoms with E-state index in [0.717, 1.165) is 107 Å². The van der Waals surface area contributed by atoms with Gasteiger partial charge in [-0.25, -0.2) is 36.3 Å². The van der Waals surface area contributed by atoms with Gasteiger partial charge < -0.3 is 29.5 Å². The van der Waals surface area contributed by atoms with Gasteiger partial charge in [-0.2, -0.15) is 13.2 Å². The Labute approximate surface area is 487 Å². The number of sulfonamides is 1. The number of benzene rings is 4. The van der Waals surface area contributed by atoms with Gasteiger partial charge in [0.05, 0.1) is 29.9 Å². The summed E-state index contributed by atoms with van der Waals surface area (Å²) >= 11 is 7.79. The van der Waals surface area contributed by atoms with Gasteiger partial charge >= 0.3 is 11.5 Å². The molecule has 0 radical (unpaired) electrons. The Morgan fingerprint density at radius 3 is 2.17 bits per heavy atom. The average Bonchev–Trinajstić information content (AvgIpc) is 3.87. The zero-order valence-corrected chi connectivity index (χ0v) is 49.2. The maximum atomic E-state index is 14.3. The van der Waals surface area contributed by atoms with Gasteiger partial charge in [-0.15, -0.1) is 11.8 Å². The summed E-state index contributed by atoms with van der Waals surface area (Å²) in [4.78, 5) is 44.6. The van der Waals surface area contributed by atoms with Crippen molar-refractivity contribution in [1.82, 2.24) is 29.4 Å². The number of nitrogens with one attached hydrogen (secondary N) is 2. The van der Waals surface area contributed by atoms with E-state index in [1.807, 2.05) is 47.2 Å². The summed E-state index contributed by atoms with van der Waals surface area (Å²) in [6.45, 7) is 13.4. The standard InChI is InChI=1S/C58H69ClF3N9O8S3/c1-57(41-69-26-30-71(31-27-69)56-63-37-45(38-64-56)55(73)78-2)21-19-51(42-9-13-46(59)14-10-42)44(36-57)39-68-24-28-70(29-25-68)48-15-11-43(12-16-48)54(72)66-82(76,77)50-17-18-52(53(35-50)81(74,75)58(60,61)62)65-47(40-80-49-7-4-3-5-8-49)20-23-67-22-6-33-79-34-32-67/h3-5,7-18,35,37-38,47,65H,6,19-34,36,39-41H2,1-2H3,(H,66,72)/t47-,57-/m1/s1. The largest absolute Gasteiger partial charge is 0.501 e. The molecule has 0 unspecified atom stereocenters. The lowest BCUT2D eigenvalue weighted by atomic mass is 9.71. The lowest BCUT2D eigenvalue weighted by Gasteiger charge is -2.44. The van der Waals surface area contributed by atoms with Gasteiger partial charge in [0, 0.05) is 137 Å². The zero-order chi connectivity index (χ0) is 58.1. The number of aromatic nitrogens is 2. The second-order valence-electron chi connectivity index (χ2n) is 21.5. The first-order valence-corrected chi connectivity index (χ1v) is 31.8. The van der Waals surface area contributed by atoms with Crippen LogP contribution in [-0.2, 0) is 29.3 Å². The minimum atomic E-state index is -6.09. The summed E-state index contributed by atoms with van der Waals surface area (Å²) in [5.41, 5.74) is -1.08. The van der Waals surface area contributed by atoms with Crippen molar-refractivity contribution in [1.29, 1.82) is 0 Å². The summed E-state index contributed by atoms with van der Waals surface area (Å²) in [6, 6.07) is 25.8. The minimum Gasteiger partial charge on any atom is -0.465 e. The summed E-state index contributed by atoms with van der Waals surface area (Å²) in [5, 5.41) is 3.70. The fourth-order valence-corrected chi connectivity index (χ4v) is 14.2. The van der Waals surface area contributed by atoms with Gasteiger partial charge in [-0.1, -0.05) is 54.4 Å². The highest BCUT2D eigenvalue weighted by Crippen LogP contribution is 2.44. The van der Waals surface area contributed by atoms with Crippen LogP contribution in [0.4, 0.5) is 30.5 Å². The van der Waals surface area contributed by atoms with E-state index in [1.165, 1.54) is 60.1 Å². The van der Waals surface area contributed by atoms with Gasteiger partial charge in [0.1, 0.15) is 4.90 Å². The molecule has 5 aromatic rings. The normalized spacial score (nSPS) is 19.6. The number of esters is 1. The number of hydrogen-bond acceptors (Lipinski definition) is 17. The van der Waals surface area contributed by atoms with E-state index in [0.29, 0.717) is 74.2 Å². The number of allylic oxidation sites excluding steroid dienone is 1. The second kappa shape index (κ2) is 26.8. The van der Waals surface area contributed by atoms with Crippen molar-refractivity contribution in [2.45, 2.75) is 65.3 Å². The Morgan fingerprint density at radius 1 is 0.805 bits per heavy atom. The van der Waals surface area contributed by atoms with E-state index in [2.05, 4.69) is 58.8 Å². The summed E-state index contributed by atoms with van der Waals surface area (Å²) in [6.07, 6.45) is 7.15. The molecule has 17 nitrogen and oxygen atoms in total. The summed E-state index contributed by atoms with van der Waals surface area (Å²) in [5.74, 6) is -0.563. The van der Waals surface area contributed by atoms with Gasteiger partial charge in [0.25, 0.3) is 25.8 Å². The Kier molecular flexibility index (Phi) is 19.9. The number of methoxy groups -OCH3 is 1. The molecule has 1 aliphatic carbocycles. The molecule has 1 aromatic heterocycles. The molecule has 0 bridgehead atoms. The van der Waals surface area contributed by atoms with E-state index < -0.39 is 58.8 Å². The van der Waals surface area contributed by atoms with Crippen molar-refractivity contribution in [3.63, 3.8) is 0 Å². The molecule has 0 spiro atoms. The molecule has 2 N–H and O–H groups in total. The highest BCUT2D eigenvalue weighted by atomic mass is 35.5. The molecular weight excluding hydrogens is 1140 g/mol. The predicted molar refractivity (Wildman–Crippen MR) is 313 cm³/mol. The number of anilines is 3. The molecule has 82 heavy (non-hydrogen) atoms. The summed E-state index contributed by atoms with van der Waals surface area (Å²) in [7, 11) is -9.65. The number of sulfone groups is 1. The smallest absolute Gasteiger partial charge is 0.465 e. The van der Waals surface area contributed by atoms with Crippen LogP contribution in [-0.4, -0.2) is 176 Å². The van der Waals surface area contributed by atoms with E-state index >= 15 is 0 Å². The fourth-order valence-electron chi connectivity index (χ4n) is 11.1. The molecule has 3 saturated heterocycles. The average molecular weight is 1210 g/mol. The predicted octanol–water partition coefficient (Wildman–Crippen LogP) is 8.60. The number of nitrogens with zero attached hydrogens (tertiary/aromatic N) is 7. The lowest BCUT2D eigenvalue weighted by molar-refractivity contribution is -0.0436. The third-order valence-corrected chi connectivity index (χ3v) is 19.9. The number of ether oxygens (including phenoxy) is 2. The zero-order valence-electron chi connectivity index (χ0n) is 46.0. The Bertz CT molecular complexity index is 3250. The highest BCUT2D eigenvalue weighted by molar-refractivity contribution is 7.99. The number of piperazine rings is 2. The molecule has 2 atom stereocenters. The highest BCUT2D eigenvalue weighted by Gasteiger charge is 2.49. The number of hydrogen-bond donors (Lipinski definition) is 2. The molecule has 3 aliphatic heterocycles. The van der Waals surface area contributed by atoms with E-state index in [-0.39, 0.29) is 11.0 Å². The van der Waals surface area contributed by atoms with Crippen molar-refractivity contribution in [3.05, 3.63) is 137 Å². The molecule has 3 fully saturated rings. The van der Waals surface area contributed by atoms with Crippen molar-refractivity contribution in [2.24, 2.45) is 5.41 Å².